The van der Waals surface area contributed by atoms with Gasteiger partial charge in [-0.25, -0.2) is 0 Å². The Bertz CT molecular complexity index is 2820. The van der Waals surface area contributed by atoms with Gasteiger partial charge in [-0.2, -0.15) is 0 Å². The van der Waals surface area contributed by atoms with Crippen molar-refractivity contribution < 1.29 is 4.74 Å². The van der Waals surface area contributed by atoms with Crippen molar-refractivity contribution in [3.8, 4) is 35.2 Å². The van der Waals surface area contributed by atoms with Crippen molar-refractivity contribution in [1.82, 2.24) is 0 Å². The number of hydrogen-bond acceptors (Lipinski definition) is 1. The monoisotopic (exact) mass is 919 g/mol. The van der Waals surface area contributed by atoms with E-state index in [1.54, 1.807) is 0 Å². The Morgan fingerprint density at radius 2 is 0.643 bits per heavy atom. The molecule has 1 aliphatic heterocycles. The largest absolute Gasteiger partial charge is 0.454 e. The van der Waals surface area contributed by atoms with Crippen LogP contribution in [-0.4, -0.2) is 0 Å². The molecule has 356 valence electrons. The second kappa shape index (κ2) is 24.5. The lowest BCUT2D eigenvalue weighted by Gasteiger charge is -2.41. The van der Waals surface area contributed by atoms with Gasteiger partial charge in [-0.3, -0.25) is 0 Å². The molecule has 1 nitrogen and oxygen atoms in total. The second-order valence-electron chi connectivity index (χ2n) is 20.3. The number of ether oxygens (including phenoxy) is 1. The summed E-state index contributed by atoms with van der Waals surface area (Å²) in [7, 11) is 0. The summed E-state index contributed by atoms with van der Waals surface area (Å²) in [6.45, 7) is 4.62. The van der Waals surface area contributed by atoms with E-state index in [2.05, 4.69) is 183 Å². The molecule has 0 fully saturated rings. The highest BCUT2D eigenvalue weighted by Gasteiger charge is 2.42. The molecule has 1 aliphatic rings. The summed E-state index contributed by atoms with van der Waals surface area (Å²) in [6.07, 6.45) is 28.6. The second-order valence-corrected chi connectivity index (χ2v) is 20.3. The van der Waals surface area contributed by atoms with Crippen molar-refractivity contribution in [2.45, 2.75) is 161 Å². The average molecular weight is 919 g/mol. The molecule has 0 aromatic heterocycles. The van der Waals surface area contributed by atoms with Crippen molar-refractivity contribution in [3.05, 3.63) is 179 Å². The Balaban J connectivity index is 1.12. The third-order valence-corrected chi connectivity index (χ3v) is 15.4. The first-order chi connectivity index (χ1) is 34.7. The first-order valence-electron chi connectivity index (χ1n) is 27.5. The van der Waals surface area contributed by atoms with Crippen LogP contribution in [0.15, 0.2) is 146 Å². The van der Waals surface area contributed by atoms with E-state index >= 15 is 0 Å². The van der Waals surface area contributed by atoms with E-state index in [0.717, 1.165) is 46.6 Å². The van der Waals surface area contributed by atoms with Gasteiger partial charge in [0.1, 0.15) is 11.5 Å². The summed E-state index contributed by atoms with van der Waals surface area (Å²) in [5, 5.41) is 9.55. The topological polar surface area (TPSA) is 9.23 Å². The van der Waals surface area contributed by atoms with E-state index in [-0.39, 0.29) is 5.41 Å². The van der Waals surface area contributed by atoms with Crippen molar-refractivity contribution in [3.63, 3.8) is 0 Å². The van der Waals surface area contributed by atoms with Crippen LogP contribution in [0.1, 0.15) is 188 Å². The Labute approximate surface area is 420 Å². The summed E-state index contributed by atoms with van der Waals surface area (Å²) >= 11 is 0. The molecule has 0 N–H and O–H groups in total. The molecule has 1 heterocycles. The third-order valence-electron chi connectivity index (χ3n) is 15.4. The predicted octanol–water partition coefficient (Wildman–Crippen LogP) is 20.1. The van der Waals surface area contributed by atoms with E-state index in [1.165, 1.54) is 183 Å². The summed E-state index contributed by atoms with van der Waals surface area (Å²) < 4.78 is 7.42. The van der Waals surface area contributed by atoms with E-state index in [9.17, 15) is 0 Å². The third kappa shape index (κ3) is 11.3. The number of unbranched alkanes of at least 4 members (excludes halogenated alkanes) is 18. The molecule has 0 aliphatic carbocycles. The molecule has 0 atom stereocenters. The quantitative estimate of drug-likeness (QED) is 0.0374. The fourth-order valence-electron chi connectivity index (χ4n) is 11.5. The van der Waals surface area contributed by atoms with Crippen LogP contribution in [0.2, 0.25) is 0 Å². The van der Waals surface area contributed by atoms with Gasteiger partial charge in [0.15, 0.2) is 0 Å². The van der Waals surface area contributed by atoms with Gasteiger partial charge in [-0.1, -0.05) is 287 Å². The van der Waals surface area contributed by atoms with Crippen molar-refractivity contribution in [2.75, 3.05) is 0 Å². The molecule has 0 amide bonds. The molecule has 70 heavy (non-hydrogen) atoms. The molecule has 0 unspecified atom stereocenters. The zero-order valence-electron chi connectivity index (χ0n) is 42.3. The molecule has 8 aromatic carbocycles. The molecule has 8 aromatic rings. The lowest BCUT2D eigenvalue weighted by atomic mass is 9.65. The highest BCUT2D eigenvalue weighted by molar-refractivity contribution is 6.06. The summed E-state index contributed by atoms with van der Waals surface area (Å²) in [5.74, 6) is 16.9. The van der Waals surface area contributed by atoms with Crippen LogP contribution in [-0.2, 0) is 5.41 Å². The van der Waals surface area contributed by atoms with Crippen molar-refractivity contribution in [2.24, 2.45) is 0 Å². The number of rotatable bonds is 22. The molecule has 0 saturated carbocycles. The van der Waals surface area contributed by atoms with Gasteiger partial charge in [0.05, 0.1) is 11.1 Å². The van der Waals surface area contributed by atoms with Crippen LogP contribution in [0, 0.1) is 23.7 Å². The van der Waals surface area contributed by atoms with Crippen LogP contribution < -0.4 is 4.74 Å². The first kappa shape index (κ1) is 48.7. The molecule has 0 radical (unpaired) electrons. The Hall–Kier alpha value is -6.28. The standard InChI is InChI=1S/C69H74O/c1-3-5-7-9-11-13-15-17-19-29-49-69(50-30-20-18-16-14-12-10-8-6-4-2)65-43-31-37-53(45-47-63-59-39-25-21-33-55(59)51-56-34-22-26-40-60(56)63)67(65)70-68-54(38-32-44-66(68)69)46-48-64-61-41-27-23-35-57(61)52-58-36-24-28-42-62(58)64/h21-28,31-44,51-52H,3-20,29-30,49-50H2,1-2H3. The van der Waals surface area contributed by atoms with Crippen molar-refractivity contribution >= 4 is 43.1 Å². The van der Waals surface area contributed by atoms with Gasteiger partial charge in [0.25, 0.3) is 0 Å². The van der Waals surface area contributed by atoms with Gasteiger partial charge in [0, 0.05) is 27.7 Å². The van der Waals surface area contributed by atoms with Gasteiger partial charge in [-0.15, -0.1) is 0 Å². The van der Waals surface area contributed by atoms with Crippen LogP contribution in [0.3, 0.4) is 0 Å². The normalized spacial score (nSPS) is 12.5. The highest BCUT2D eigenvalue weighted by Crippen LogP contribution is 2.55. The van der Waals surface area contributed by atoms with Gasteiger partial charge < -0.3 is 4.74 Å². The smallest absolute Gasteiger partial charge is 0.147 e. The summed E-state index contributed by atoms with van der Waals surface area (Å²) in [6, 6.07) is 52.9. The maximum Gasteiger partial charge on any atom is 0.147 e. The van der Waals surface area contributed by atoms with Crippen LogP contribution in [0.5, 0.6) is 11.5 Å². The molecule has 9 rings (SSSR count). The fourth-order valence-corrected chi connectivity index (χ4v) is 11.5. The predicted molar refractivity (Wildman–Crippen MR) is 302 cm³/mol. The summed E-state index contributed by atoms with van der Waals surface area (Å²) in [5.41, 5.74) is 6.39. The number of para-hydroxylation sites is 2. The minimum Gasteiger partial charge on any atom is -0.454 e. The van der Waals surface area contributed by atoms with Gasteiger partial charge >= 0.3 is 0 Å². The van der Waals surface area contributed by atoms with E-state index in [0.29, 0.717) is 0 Å². The van der Waals surface area contributed by atoms with Gasteiger partial charge in [-0.05, 0) is 80.2 Å². The Kier molecular flexibility index (Phi) is 17.1. The lowest BCUT2D eigenvalue weighted by molar-refractivity contribution is 0.335. The molecule has 1 heteroatoms. The zero-order valence-corrected chi connectivity index (χ0v) is 42.3. The molecular weight excluding hydrogens is 845 g/mol. The maximum absolute atomic E-state index is 7.42. The minimum absolute atomic E-state index is 0.225. The molecule has 0 spiro atoms. The van der Waals surface area contributed by atoms with Crippen molar-refractivity contribution in [1.29, 1.82) is 0 Å². The minimum atomic E-state index is -0.225. The number of hydrogen-bond donors (Lipinski definition) is 0. The Morgan fingerprint density at radius 1 is 0.329 bits per heavy atom. The Morgan fingerprint density at radius 3 is 0.986 bits per heavy atom. The first-order valence-corrected chi connectivity index (χ1v) is 27.5. The van der Waals surface area contributed by atoms with Gasteiger partial charge in [0.2, 0.25) is 0 Å². The summed E-state index contributed by atoms with van der Waals surface area (Å²) in [4.78, 5) is 0. The van der Waals surface area contributed by atoms with E-state index in [1.807, 2.05) is 0 Å². The zero-order chi connectivity index (χ0) is 47.8. The number of benzene rings is 8. The van der Waals surface area contributed by atoms with Crippen LogP contribution in [0.25, 0.3) is 43.1 Å². The SMILES string of the molecule is CCCCCCCCCCCCC1(CCCCCCCCCCCC)c2cccc(C#Cc3c4ccccc4cc4ccccc34)c2Oc2c(C#Cc3c4ccccc4cc4ccccc34)cccc21. The highest BCUT2D eigenvalue weighted by atomic mass is 16.5. The lowest BCUT2D eigenvalue weighted by Crippen LogP contribution is -2.32. The van der Waals surface area contributed by atoms with Crippen LogP contribution in [0.4, 0.5) is 0 Å². The molecular formula is C69H74O. The van der Waals surface area contributed by atoms with E-state index in [4.69, 9.17) is 4.74 Å². The van der Waals surface area contributed by atoms with Crippen LogP contribution >= 0.6 is 0 Å². The molecule has 0 saturated heterocycles. The van der Waals surface area contributed by atoms with E-state index < -0.39 is 0 Å². The number of fused-ring (bicyclic) bond motifs is 6. The average Bonchev–Trinajstić information content (AvgIpc) is 3.40. The maximum atomic E-state index is 7.42. The molecule has 0 bridgehead atoms. The fraction of sp³-hybridized carbons (Fsp3) is 0.362.